The van der Waals surface area contributed by atoms with Crippen LogP contribution in [-0.4, -0.2) is 21.4 Å². The number of hydrogen-bond acceptors (Lipinski definition) is 3. The number of sulfonamides is 1. The highest BCUT2D eigenvalue weighted by Gasteiger charge is 2.12. The standard InChI is InChI=1S/C18H21FN2O3S/c1-13(15-6-8-16(19)9-7-15)21-18(22)12-5-14-3-10-17(11-4-14)25(23,24)20-2/h3-4,6-11,13,20H,5,12H2,1-2H3,(H,21,22)/t13-/m1/s1. The van der Waals surface area contributed by atoms with E-state index in [9.17, 15) is 17.6 Å². The Morgan fingerprint density at radius 1 is 1.08 bits per heavy atom. The van der Waals surface area contributed by atoms with Crippen LogP contribution >= 0.6 is 0 Å². The van der Waals surface area contributed by atoms with E-state index in [4.69, 9.17) is 0 Å². The van der Waals surface area contributed by atoms with Crippen LogP contribution in [0.15, 0.2) is 53.4 Å². The van der Waals surface area contributed by atoms with Crippen molar-refractivity contribution >= 4 is 15.9 Å². The van der Waals surface area contributed by atoms with Crippen LogP contribution in [0.3, 0.4) is 0 Å². The van der Waals surface area contributed by atoms with Crippen molar-refractivity contribution in [2.45, 2.75) is 30.7 Å². The normalized spacial score (nSPS) is 12.6. The van der Waals surface area contributed by atoms with Crippen LogP contribution in [0.2, 0.25) is 0 Å². The maximum atomic E-state index is 12.9. The molecule has 0 unspecified atom stereocenters. The number of amides is 1. The minimum absolute atomic E-state index is 0.122. The lowest BCUT2D eigenvalue weighted by Gasteiger charge is -2.14. The number of carbonyl (C=O) groups excluding carboxylic acids is 1. The van der Waals surface area contributed by atoms with E-state index in [1.165, 1.54) is 31.3 Å². The molecular formula is C18H21FN2O3S. The molecule has 5 nitrogen and oxygen atoms in total. The van der Waals surface area contributed by atoms with Gasteiger partial charge in [0.1, 0.15) is 5.82 Å². The van der Waals surface area contributed by atoms with E-state index in [0.29, 0.717) is 6.42 Å². The van der Waals surface area contributed by atoms with E-state index in [0.717, 1.165) is 11.1 Å². The van der Waals surface area contributed by atoms with Gasteiger partial charge in [-0.2, -0.15) is 0 Å². The minimum atomic E-state index is -3.45. The Hall–Kier alpha value is -2.25. The van der Waals surface area contributed by atoms with E-state index >= 15 is 0 Å². The minimum Gasteiger partial charge on any atom is -0.350 e. The van der Waals surface area contributed by atoms with E-state index < -0.39 is 10.0 Å². The molecule has 134 valence electrons. The number of aryl methyl sites for hydroxylation is 1. The Kier molecular flexibility index (Phi) is 6.27. The number of rotatable bonds is 7. The number of halogens is 1. The van der Waals surface area contributed by atoms with Crippen molar-refractivity contribution in [2.75, 3.05) is 7.05 Å². The van der Waals surface area contributed by atoms with Gasteiger partial charge < -0.3 is 5.32 Å². The maximum Gasteiger partial charge on any atom is 0.240 e. The van der Waals surface area contributed by atoms with Crippen molar-refractivity contribution in [1.29, 1.82) is 0 Å². The highest BCUT2D eigenvalue weighted by molar-refractivity contribution is 7.89. The van der Waals surface area contributed by atoms with Crippen LogP contribution in [0.1, 0.15) is 30.5 Å². The lowest BCUT2D eigenvalue weighted by atomic mass is 10.1. The molecule has 2 N–H and O–H groups in total. The van der Waals surface area contributed by atoms with Crippen molar-refractivity contribution in [3.8, 4) is 0 Å². The van der Waals surface area contributed by atoms with Crippen LogP contribution in [0.25, 0.3) is 0 Å². The fraction of sp³-hybridized carbons (Fsp3) is 0.278. The first kappa shape index (κ1) is 19.1. The van der Waals surface area contributed by atoms with Gasteiger partial charge in [-0.05, 0) is 55.8 Å². The zero-order valence-electron chi connectivity index (χ0n) is 14.1. The Morgan fingerprint density at radius 2 is 1.68 bits per heavy atom. The molecule has 2 aromatic carbocycles. The first-order chi connectivity index (χ1) is 11.8. The Bertz CT molecular complexity index is 818. The van der Waals surface area contributed by atoms with Crippen LogP contribution in [0, 0.1) is 5.82 Å². The lowest BCUT2D eigenvalue weighted by molar-refractivity contribution is -0.121. The maximum absolute atomic E-state index is 12.9. The molecule has 0 spiro atoms. The molecule has 2 rings (SSSR count). The van der Waals surface area contributed by atoms with Crippen LogP contribution in [0.4, 0.5) is 4.39 Å². The van der Waals surface area contributed by atoms with Gasteiger partial charge in [-0.3, -0.25) is 4.79 Å². The average molecular weight is 364 g/mol. The molecule has 0 radical (unpaired) electrons. The Balaban J connectivity index is 1.88. The van der Waals surface area contributed by atoms with E-state index in [-0.39, 0.29) is 29.1 Å². The zero-order valence-corrected chi connectivity index (χ0v) is 14.9. The summed E-state index contributed by atoms with van der Waals surface area (Å²) < 4.78 is 38.5. The molecule has 1 amide bonds. The predicted molar refractivity (Wildman–Crippen MR) is 94.0 cm³/mol. The third kappa shape index (κ3) is 5.37. The summed E-state index contributed by atoms with van der Waals surface area (Å²) in [6, 6.07) is 12.2. The first-order valence-corrected chi connectivity index (χ1v) is 9.37. The molecule has 0 aromatic heterocycles. The molecule has 7 heteroatoms. The third-order valence-electron chi connectivity index (χ3n) is 3.89. The summed E-state index contributed by atoms with van der Waals surface area (Å²) in [6.45, 7) is 1.84. The zero-order chi connectivity index (χ0) is 18.4. The van der Waals surface area contributed by atoms with Gasteiger partial charge >= 0.3 is 0 Å². The number of hydrogen-bond donors (Lipinski definition) is 2. The summed E-state index contributed by atoms with van der Waals surface area (Å²) in [6.07, 6.45) is 0.783. The Morgan fingerprint density at radius 3 is 2.24 bits per heavy atom. The summed E-state index contributed by atoms with van der Waals surface area (Å²) in [5.74, 6) is -0.435. The average Bonchev–Trinajstić information content (AvgIpc) is 2.61. The highest BCUT2D eigenvalue weighted by atomic mass is 32.2. The first-order valence-electron chi connectivity index (χ1n) is 7.89. The third-order valence-corrected chi connectivity index (χ3v) is 5.32. The van der Waals surface area contributed by atoms with Gasteiger partial charge in [-0.15, -0.1) is 0 Å². The number of carbonyl (C=O) groups is 1. The van der Waals surface area contributed by atoms with E-state index in [1.807, 2.05) is 6.92 Å². The molecule has 0 aliphatic heterocycles. The van der Waals surface area contributed by atoms with E-state index in [2.05, 4.69) is 10.0 Å². The predicted octanol–water partition coefficient (Wildman–Crippen LogP) is 2.54. The Labute approximate surface area is 147 Å². The summed E-state index contributed by atoms with van der Waals surface area (Å²) >= 11 is 0. The van der Waals surface area contributed by atoms with Gasteiger partial charge in [0.15, 0.2) is 0 Å². The fourth-order valence-electron chi connectivity index (χ4n) is 2.36. The van der Waals surface area contributed by atoms with Crippen molar-refractivity contribution in [3.63, 3.8) is 0 Å². The van der Waals surface area contributed by atoms with Crippen molar-refractivity contribution in [1.82, 2.24) is 10.0 Å². The molecule has 0 bridgehead atoms. The van der Waals surface area contributed by atoms with Gasteiger partial charge in [0, 0.05) is 6.42 Å². The molecule has 0 fully saturated rings. The SMILES string of the molecule is CNS(=O)(=O)c1ccc(CCC(=O)N[C@H](C)c2ccc(F)cc2)cc1. The van der Waals surface area contributed by atoms with Crippen LogP contribution in [0.5, 0.6) is 0 Å². The second-order valence-electron chi connectivity index (χ2n) is 5.69. The van der Waals surface area contributed by atoms with Gasteiger partial charge in [-0.1, -0.05) is 24.3 Å². The van der Waals surface area contributed by atoms with Crippen molar-refractivity contribution in [3.05, 3.63) is 65.5 Å². The molecule has 2 aromatic rings. The molecule has 0 heterocycles. The summed E-state index contributed by atoms with van der Waals surface area (Å²) in [4.78, 5) is 12.2. The molecule has 0 aliphatic carbocycles. The quantitative estimate of drug-likeness (QED) is 0.793. The monoisotopic (exact) mass is 364 g/mol. The van der Waals surface area contributed by atoms with Gasteiger partial charge in [0.25, 0.3) is 0 Å². The number of benzene rings is 2. The largest absolute Gasteiger partial charge is 0.350 e. The summed E-state index contributed by atoms with van der Waals surface area (Å²) in [7, 11) is -2.09. The summed E-state index contributed by atoms with van der Waals surface area (Å²) in [5.41, 5.74) is 1.70. The van der Waals surface area contributed by atoms with Gasteiger partial charge in [-0.25, -0.2) is 17.5 Å². The van der Waals surface area contributed by atoms with Crippen LogP contribution in [-0.2, 0) is 21.2 Å². The van der Waals surface area contributed by atoms with Crippen LogP contribution < -0.4 is 10.0 Å². The topological polar surface area (TPSA) is 75.3 Å². The number of nitrogens with one attached hydrogen (secondary N) is 2. The van der Waals surface area contributed by atoms with Gasteiger partial charge in [0.05, 0.1) is 10.9 Å². The molecule has 0 aliphatic rings. The highest BCUT2D eigenvalue weighted by Crippen LogP contribution is 2.14. The molecule has 0 saturated carbocycles. The van der Waals surface area contributed by atoms with Crippen molar-refractivity contribution in [2.24, 2.45) is 0 Å². The molecule has 1 atom stereocenters. The lowest BCUT2D eigenvalue weighted by Crippen LogP contribution is -2.26. The second-order valence-corrected chi connectivity index (χ2v) is 7.58. The second kappa shape index (κ2) is 8.22. The molecule has 0 saturated heterocycles. The van der Waals surface area contributed by atoms with Gasteiger partial charge in [0.2, 0.25) is 15.9 Å². The smallest absolute Gasteiger partial charge is 0.240 e. The van der Waals surface area contributed by atoms with E-state index in [1.54, 1.807) is 24.3 Å². The summed E-state index contributed by atoms with van der Waals surface area (Å²) in [5, 5.41) is 2.86. The fourth-order valence-corrected chi connectivity index (χ4v) is 3.09. The van der Waals surface area contributed by atoms with Crippen molar-refractivity contribution < 1.29 is 17.6 Å². The molecule has 25 heavy (non-hydrogen) atoms. The molecular weight excluding hydrogens is 343 g/mol.